The summed E-state index contributed by atoms with van der Waals surface area (Å²) in [5.74, 6) is 1.68. The molecule has 0 spiro atoms. The Morgan fingerprint density at radius 2 is 1.40 bits per heavy atom. The lowest BCUT2D eigenvalue weighted by Crippen LogP contribution is -2.20. The maximum Gasteiger partial charge on any atom is 0.338 e. The monoisotopic (exact) mass is 549 g/mol. The molecule has 0 aliphatic carbocycles. The lowest BCUT2D eigenvalue weighted by atomic mass is 9.91. The molecule has 0 saturated carbocycles. The Balaban J connectivity index is 1.59. The Morgan fingerprint density at radius 1 is 0.800 bits per heavy atom. The molecule has 0 saturated heterocycles. The molecule has 40 heavy (non-hydrogen) atoms. The fourth-order valence-corrected chi connectivity index (χ4v) is 4.46. The van der Waals surface area contributed by atoms with Crippen molar-refractivity contribution in [3.63, 3.8) is 0 Å². The van der Waals surface area contributed by atoms with Crippen LogP contribution in [0.2, 0.25) is 0 Å². The molecule has 0 unspecified atom stereocenters. The van der Waals surface area contributed by atoms with E-state index >= 15 is 0 Å². The van der Waals surface area contributed by atoms with Crippen LogP contribution >= 0.6 is 0 Å². The number of ether oxygens (including phenoxy) is 8. The van der Waals surface area contributed by atoms with Gasteiger partial charge < -0.3 is 43.2 Å². The molecule has 11 nitrogen and oxygen atoms in total. The lowest BCUT2D eigenvalue weighted by Gasteiger charge is -2.18. The second kappa shape index (κ2) is 11.4. The highest BCUT2D eigenvalue weighted by atomic mass is 16.7. The molecule has 208 valence electrons. The highest BCUT2D eigenvalue weighted by Crippen LogP contribution is 2.56. The van der Waals surface area contributed by atoms with Gasteiger partial charge in [0, 0.05) is 23.7 Å². The maximum absolute atomic E-state index is 13.0. The van der Waals surface area contributed by atoms with Gasteiger partial charge in [-0.3, -0.25) is 4.79 Å². The van der Waals surface area contributed by atoms with Gasteiger partial charge in [0.15, 0.2) is 23.0 Å². The van der Waals surface area contributed by atoms with Crippen molar-refractivity contribution in [2.75, 3.05) is 42.0 Å². The van der Waals surface area contributed by atoms with Crippen molar-refractivity contribution >= 4 is 18.0 Å². The number of carbonyl (C=O) groups is 2. The summed E-state index contributed by atoms with van der Waals surface area (Å²) < 4.78 is 44.2. The Bertz CT molecular complexity index is 1480. The largest absolute Gasteiger partial charge is 0.497 e. The van der Waals surface area contributed by atoms with Crippen molar-refractivity contribution in [1.82, 2.24) is 5.32 Å². The summed E-state index contributed by atoms with van der Waals surface area (Å²) >= 11 is 0. The van der Waals surface area contributed by atoms with E-state index in [1.54, 1.807) is 19.3 Å². The van der Waals surface area contributed by atoms with Crippen LogP contribution in [0, 0.1) is 0 Å². The van der Waals surface area contributed by atoms with E-state index in [0.29, 0.717) is 52.0 Å². The third kappa shape index (κ3) is 4.89. The molecule has 2 aliphatic rings. The highest BCUT2D eigenvalue weighted by molar-refractivity contribution is 6.05. The minimum absolute atomic E-state index is 0.0720. The Morgan fingerprint density at radius 3 is 2.00 bits per heavy atom. The van der Waals surface area contributed by atoms with E-state index in [-0.39, 0.29) is 30.8 Å². The smallest absolute Gasteiger partial charge is 0.338 e. The predicted molar refractivity (Wildman–Crippen MR) is 142 cm³/mol. The number of fused-ring (bicyclic) bond motifs is 2. The standard InChI is InChI=1S/C29H27NO10/c1-33-18-8-5-16(6-9-18)13-30-22(31)10-7-17-11-20(34-2)25-27(39-14-37-25)23(17)24-19(29(32)36-4)12-21(35-3)26-28(24)40-15-38-26/h5-12H,13-15H2,1-4H3,(H,30,31)/b10-7+. The van der Waals surface area contributed by atoms with E-state index in [9.17, 15) is 9.59 Å². The third-order valence-corrected chi connectivity index (χ3v) is 6.38. The molecule has 2 heterocycles. The molecule has 0 aromatic heterocycles. The van der Waals surface area contributed by atoms with Crippen LogP contribution in [-0.2, 0) is 16.1 Å². The predicted octanol–water partition coefficient (Wildman–Crippen LogP) is 3.95. The number of amides is 1. The first kappa shape index (κ1) is 26.5. The Kier molecular flexibility index (Phi) is 7.54. The average molecular weight is 550 g/mol. The summed E-state index contributed by atoms with van der Waals surface area (Å²) in [5.41, 5.74) is 2.31. The number of methoxy groups -OCH3 is 4. The van der Waals surface area contributed by atoms with Gasteiger partial charge in [-0.05, 0) is 41.5 Å². The second-order valence-corrected chi connectivity index (χ2v) is 8.56. The van der Waals surface area contributed by atoms with E-state index < -0.39 is 5.97 Å². The van der Waals surface area contributed by atoms with Crippen LogP contribution in [0.5, 0.6) is 40.2 Å². The number of benzene rings is 3. The van der Waals surface area contributed by atoms with Crippen molar-refractivity contribution in [1.29, 1.82) is 0 Å². The first-order valence-corrected chi connectivity index (χ1v) is 12.2. The molecule has 1 N–H and O–H groups in total. The van der Waals surface area contributed by atoms with Gasteiger partial charge in [-0.2, -0.15) is 0 Å². The minimum atomic E-state index is -0.637. The van der Waals surface area contributed by atoms with Crippen LogP contribution in [0.3, 0.4) is 0 Å². The van der Waals surface area contributed by atoms with Crippen molar-refractivity contribution < 1.29 is 47.5 Å². The molecular formula is C29H27NO10. The number of hydrogen-bond donors (Lipinski definition) is 1. The first-order valence-electron chi connectivity index (χ1n) is 12.2. The van der Waals surface area contributed by atoms with Crippen LogP contribution in [0.15, 0.2) is 42.5 Å². The van der Waals surface area contributed by atoms with Crippen molar-refractivity contribution in [3.8, 4) is 51.4 Å². The van der Waals surface area contributed by atoms with Gasteiger partial charge in [0.2, 0.25) is 31.0 Å². The van der Waals surface area contributed by atoms with Crippen molar-refractivity contribution in [3.05, 3.63) is 59.2 Å². The molecule has 0 radical (unpaired) electrons. The van der Waals surface area contributed by atoms with E-state index in [2.05, 4.69) is 5.32 Å². The number of esters is 1. The molecule has 0 bridgehead atoms. The number of carbonyl (C=O) groups excluding carboxylic acids is 2. The number of rotatable bonds is 9. The van der Waals surface area contributed by atoms with Crippen LogP contribution in [-0.4, -0.2) is 53.9 Å². The zero-order valence-corrected chi connectivity index (χ0v) is 22.3. The lowest BCUT2D eigenvalue weighted by molar-refractivity contribution is -0.116. The van der Waals surface area contributed by atoms with Gasteiger partial charge >= 0.3 is 5.97 Å². The average Bonchev–Trinajstić information content (AvgIpc) is 3.68. The van der Waals surface area contributed by atoms with E-state index in [0.717, 1.165) is 11.3 Å². The van der Waals surface area contributed by atoms with Crippen LogP contribution in [0.25, 0.3) is 17.2 Å². The van der Waals surface area contributed by atoms with Crippen LogP contribution in [0.1, 0.15) is 21.5 Å². The van der Waals surface area contributed by atoms with Crippen LogP contribution < -0.4 is 38.5 Å². The summed E-state index contributed by atoms with van der Waals surface area (Å²) in [6.07, 6.45) is 2.97. The van der Waals surface area contributed by atoms with Crippen molar-refractivity contribution in [2.45, 2.75) is 6.54 Å². The van der Waals surface area contributed by atoms with E-state index in [4.69, 9.17) is 37.9 Å². The molecular weight excluding hydrogens is 522 g/mol. The molecule has 5 rings (SSSR count). The molecule has 3 aromatic rings. The number of nitrogens with one attached hydrogen (secondary N) is 1. The summed E-state index contributed by atoms with van der Waals surface area (Å²) in [6, 6.07) is 10.6. The highest BCUT2D eigenvalue weighted by Gasteiger charge is 2.35. The van der Waals surface area contributed by atoms with Crippen LogP contribution in [0.4, 0.5) is 0 Å². The zero-order chi connectivity index (χ0) is 28.2. The Hall–Kier alpha value is -5.06. The van der Waals surface area contributed by atoms with E-state index in [1.165, 1.54) is 33.5 Å². The second-order valence-electron chi connectivity index (χ2n) is 8.56. The van der Waals surface area contributed by atoms with Gasteiger partial charge in [0.1, 0.15) is 5.75 Å². The maximum atomic E-state index is 13.0. The van der Waals surface area contributed by atoms with Gasteiger partial charge in [0.05, 0.1) is 34.0 Å². The molecule has 11 heteroatoms. The van der Waals surface area contributed by atoms with Gasteiger partial charge in [-0.1, -0.05) is 12.1 Å². The van der Waals surface area contributed by atoms with Crippen molar-refractivity contribution in [2.24, 2.45) is 0 Å². The molecule has 0 atom stereocenters. The SMILES string of the molecule is COC(=O)c1cc(OC)c2c(c1-c1c(/C=C/C(=O)NCc3ccc(OC)cc3)cc(OC)c3c1OCO3)OCO2. The zero-order valence-electron chi connectivity index (χ0n) is 22.3. The van der Waals surface area contributed by atoms with Gasteiger partial charge in [0.25, 0.3) is 0 Å². The number of hydrogen-bond acceptors (Lipinski definition) is 10. The van der Waals surface area contributed by atoms with Gasteiger partial charge in [-0.15, -0.1) is 0 Å². The topological polar surface area (TPSA) is 120 Å². The summed E-state index contributed by atoms with van der Waals surface area (Å²) in [6.45, 7) is 0.156. The Labute approximate surface area is 230 Å². The van der Waals surface area contributed by atoms with E-state index in [1.807, 2.05) is 24.3 Å². The summed E-state index contributed by atoms with van der Waals surface area (Å²) in [7, 11) is 5.82. The fraction of sp³-hybridized carbons (Fsp3) is 0.241. The van der Waals surface area contributed by atoms with Gasteiger partial charge in [-0.25, -0.2) is 4.79 Å². The molecule has 3 aromatic carbocycles. The summed E-state index contributed by atoms with van der Waals surface area (Å²) in [5, 5.41) is 2.85. The summed E-state index contributed by atoms with van der Waals surface area (Å²) in [4.78, 5) is 25.8. The molecule has 1 amide bonds. The third-order valence-electron chi connectivity index (χ3n) is 6.38. The quantitative estimate of drug-likeness (QED) is 0.310. The fourth-order valence-electron chi connectivity index (χ4n) is 4.46. The minimum Gasteiger partial charge on any atom is -0.497 e. The first-order chi connectivity index (χ1) is 19.5. The normalized spacial score (nSPS) is 12.8. The molecule has 2 aliphatic heterocycles. The molecule has 0 fully saturated rings.